The van der Waals surface area contributed by atoms with Gasteiger partial charge in [-0.2, -0.15) is 18.4 Å². The molecule has 0 unspecified atom stereocenters. The van der Waals surface area contributed by atoms with Crippen LogP contribution >= 0.6 is 23.4 Å². The van der Waals surface area contributed by atoms with Crippen LogP contribution in [0, 0.1) is 5.82 Å². The molecule has 0 saturated carbocycles. The molecule has 4 rings (SSSR count). The summed E-state index contributed by atoms with van der Waals surface area (Å²) in [5, 5.41) is 17.6. The largest absolute Gasteiger partial charge is 0.453 e. The first-order valence-corrected chi connectivity index (χ1v) is 9.23. The fourth-order valence-electron chi connectivity index (χ4n) is 2.63. The maximum absolute atomic E-state index is 13.9. The van der Waals surface area contributed by atoms with Crippen molar-refractivity contribution in [1.82, 2.24) is 20.6 Å². The number of fused-ring (bicyclic) bond motifs is 1. The highest BCUT2D eigenvalue weighted by molar-refractivity contribution is 8.00. The van der Waals surface area contributed by atoms with E-state index in [9.17, 15) is 17.6 Å². The van der Waals surface area contributed by atoms with Crippen molar-refractivity contribution < 1.29 is 22.0 Å². The summed E-state index contributed by atoms with van der Waals surface area (Å²) in [6.45, 7) is 0.207. The number of hydrogen-bond donors (Lipinski definition) is 2. The zero-order chi connectivity index (χ0) is 20.6. The predicted molar refractivity (Wildman–Crippen MR) is 100 cm³/mol. The van der Waals surface area contributed by atoms with E-state index in [1.54, 1.807) is 18.2 Å². The van der Waals surface area contributed by atoms with Gasteiger partial charge in [0.15, 0.2) is 5.76 Å². The number of benzene rings is 2. The Morgan fingerprint density at radius 1 is 1.17 bits per heavy atom. The molecule has 0 radical (unpaired) electrons. The smallest absolute Gasteiger partial charge is 0.446 e. The van der Waals surface area contributed by atoms with Gasteiger partial charge in [-0.1, -0.05) is 11.6 Å². The third-order valence-electron chi connectivity index (χ3n) is 3.89. The van der Waals surface area contributed by atoms with Crippen LogP contribution in [-0.2, 0) is 6.54 Å². The summed E-state index contributed by atoms with van der Waals surface area (Å²) in [6, 6.07) is 8.57. The van der Waals surface area contributed by atoms with Gasteiger partial charge in [0.1, 0.15) is 11.4 Å². The number of anilines is 1. The molecule has 0 aliphatic rings. The Morgan fingerprint density at radius 2 is 2.00 bits per heavy atom. The number of furan rings is 1. The van der Waals surface area contributed by atoms with E-state index >= 15 is 0 Å². The van der Waals surface area contributed by atoms with E-state index in [-0.39, 0.29) is 6.54 Å². The van der Waals surface area contributed by atoms with Gasteiger partial charge in [-0.25, -0.2) is 4.39 Å². The Balaban J connectivity index is 1.52. The summed E-state index contributed by atoms with van der Waals surface area (Å²) >= 11 is 5.80. The molecule has 2 heterocycles. The lowest BCUT2D eigenvalue weighted by atomic mass is 10.1. The standard InChI is InChI=1S/C17H10ClF4N5OS/c18-11-3-8-4-14(16-24-26-27-25-16)28-13(8)5-9(11)7-23-10-1-2-15(12(19)6-10)29-17(20,21)22/h1-6,23H,7H2,(H,24,25,26,27). The Hall–Kier alpha value is -2.79. The van der Waals surface area contributed by atoms with E-state index in [1.807, 2.05) is 0 Å². The van der Waals surface area contributed by atoms with E-state index in [0.717, 1.165) is 17.5 Å². The Bertz CT molecular complexity index is 1160. The SMILES string of the molecule is Fc1cc(NCc2cc3oc(-c4nn[nH]n4)cc3cc2Cl)ccc1SC(F)(F)F. The first-order chi connectivity index (χ1) is 13.8. The number of nitrogens with one attached hydrogen (secondary N) is 2. The molecule has 4 aromatic rings. The molecule has 0 spiro atoms. The summed E-state index contributed by atoms with van der Waals surface area (Å²) in [5.74, 6) is -0.256. The van der Waals surface area contributed by atoms with Crippen molar-refractivity contribution in [1.29, 1.82) is 0 Å². The van der Waals surface area contributed by atoms with Gasteiger partial charge in [-0.15, -0.1) is 10.2 Å². The molecule has 0 aliphatic carbocycles. The van der Waals surface area contributed by atoms with E-state index < -0.39 is 28.0 Å². The van der Waals surface area contributed by atoms with E-state index in [1.165, 1.54) is 6.07 Å². The maximum Gasteiger partial charge on any atom is 0.446 e. The van der Waals surface area contributed by atoms with Crippen molar-refractivity contribution in [2.24, 2.45) is 0 Å². The van der Waals surface area contributed by atoms with Crippen LogP contribution in [0.25, 0.3) is 22.6 Å². The first-order valence-electron chi connectivity index (χ1n) is 8.03. The van der Waals surface area contributed by atoms with E-state index in [0.29, 0.717) is 33.4 Å². The fraction of sp³-hybridized carbons (Fsp3) is 0.118. The van der Waals surface area contributed by atoms with Crippen LogP contribution in [0.5, 0.6) is 0 Å². The second-order valence-corrected chi connectivity index (χ2v) is 7.39. The van der Waals surface area contributed by atoms with Crippen LogP contribution in [0.4, 0.5) is 23.2 Å². The summed E-state index contributed by atoms with van der Waals surface area (Å²) in [7, 11) is 0. The molecular weight excluding hydrogens is 434 g/mol. The van der Waals surface area contributed by atoms with Crippen molar-refractivity contribution in [3.8, 4) is 11.6 Å². The third-order valence-corrected chi connectivity index (χ3v) is 5.03. The number of rotatable bonds is 5. The van der Waals surface area contributed by atoms with Gasteiger partial charge >= 0.3 is 5.51 Å². The molecule has 2 aromatic heterocycles. The summed E-state index contributed by atoms with van der Waals surface area (Å²) in [4.78, 5) is -0.493. The van der Waals surface area contributed by atoms with Gasteiger partial charge in [0, 0.05) is 22.6 Å². The molecule has 6 nitrogen and oxygen atoms in total. The molecule has 0 aliphatic heterocycles. The van der Waals surface area contributed by atoms with Crippen molar-refractivity contribution in [2.75, 3.05) is 5.32 Å². The molecule has 29 heavy (non-hydrogen) atoms. The number of halogens is 5. The van der Waals surface area contributed by atoms with Gasteiger partial charge in [0.25, 0.3) is 0 Å². The number of aromatic amines is 1. The number of alkyl halides is 3. The average molecular weight is 444 g/mol. The highest BCUT2D eigenvalue weighted by atomic mass is 35.5. The zero-order valence-electron chi connectivity index (χ0n) is 14.2. The molecule has 0 bridgehead atoms. The van der Waals surface area contributed by atoms with Crippen molar-refractivity contribution in [2.45, 2.75) is 16.9 Å². The topological polar surface area (TPSA) is 79.6 Å². The molecular formula is C17H10ClF4N5OS. The normalized spacial score (nSPS) is 11.9. The summed E-state index contributed by atoms with van der Waals surface area (Å²) < 4.78 is 56.8. The molecule has 150 valence electrons. The van der Waals surface area contributed by atoms with Gasteiger partial charge in [0.05, 0.1) is 4.90 Å². The Morgan fingerprint density at radius 3 is 2.69 bits per heavy atom. The number of nitrogens with zero attached hydrogens (tertiary/aromatic N) is 3. The van der Waals surface area contributed by atoms with Crippen LogP contribution < -0.4 is 5.32 Å². The molecule has 0 amide bonds. The lowest BCUT2D eigenvalue weighted by Gasteiger charge is -2.11. The van der Waals surface area contributed by atoms with E-state index in [2.05, 4.69) is 25.9 Å². The van der Waals surface area contributed by atoms with Gasteiger partial charge in [0.2, 0.25) is 5.82 Å². The van der Waals surface area contributed by atoms with Gasteiger partial charge in [-0.3, -0.25) is 0 Å². The zero-order valence-corrected chi connectivity index (χ0v) is 15.8. The molecule has 0 saturated heterocycles. The molecule has 12 heteroatoms. The van der Waals surface area contributed by atoms with Crippen LogP contribution in [0.15, 0.2) is 45.7 Å². The van der Waals surface area contributed by atoms with Crippen LogP contribution in [-0.4, -0.2) is 26.1 Å². The number of tetrazole rings is 1. The number of hydrogen-bond acceptors (Lipinski definition) is 6. The lowest BCUT2D eigenvalue weighted by molar-refractivity contribution is -0.0329. The molecule has 2 aromatic carbocycles. The second-order valence-electron chi connectivity index (χ2n) is 5.87. The van der Waals surface area contributed by atoms with Crippen LogP contribution in [0.3, 0.4) is 0 Å². The monoisotopic (exact) mass is 443 g/mol. The quantitative estimate of drug-likeness (QED) is 0.307. The van der Waals surface area contributed by atoms with Gasteiger partial charge < -0.3 is 9.73 Å². The van der Waals surface area contributed by atoms with Crippen LogP contribution in [0.2, 0.25) is 5.02 Å². The first kappa shape index (κ1) is 19.5. The Labute approximate surface area is 169 Å². The maximum atomic E-state index is 13.9. The minimum absolute atomic E-state index is 0.207. The summed E-state index contributed by atoms with van der Waals surface area (Å²) in [5.41, 5.74) is -3.05. The minimum atomic E-state index is -4.55. The molecule has 0 fully saturated rings. The highest BCUT2D eigenvalue weighted by Crippen LogP contribution is 2.38. The minimum Gasteiger partial charge on any atom is -0.453 e. The Kier molecular flexibility index (Phi) is 5.09. The highest BCUT2D eigenvalue weighted by Gasteiger charge is 2.30. The molecule has 0 atom stereocenters. The van der Waals surface area contributed by atoms with Crippen molar-refractivity contribution >= 4 is 40.0 Å². The average Bonchev–Trinajstić information content (AvgIpc) is 3.30. The number of H-pyrrole nitrogens is 1. The van der Waals surface area contributed by atoms with Crippen molar-refractivity contribution in [3.05, 3.63) is 52.8 Å². The predicted octanol–water partition coefficient (Wildman–Crippen LogP) is 5.63. The van der Waals surface area contributed by atoms with E-state index in [4.69, 9.17) is 16.0 Å². The lowest BCUT2D eigenvalue weighted by Crippen LogP contribution is -2.03. The second kappa shape index (κ2) is 7.56. The summed E-state index contributed by atoms with van der Waals surface area (Å²) in [6.07, 6.45) is 0. The number of thioether (sulfide) groups is 1. The fourth-order valence-corrected chi connectivity index (χ4v) is 3.41. The third kappa shape index (κ3) is 4.46. The van der Waals surface area contributed by atoms with Crippen molar-refractivity contribution in [3.63, 3.8) is 0 Å². The van der Waals surface area contributed by atoms with Gasteiger partial charge in [-0.05, 0) is 58.9 Å². The van der Waals surface area contributed by atoms with Crippen LogP contribution in [0.1, 0.15) is 5.56 Å². The number of aromatic nitrogens is 4. The molecule has 2 N–H and O–H groups in total.